The van der Waals surface area contributed by atoms with Crippen molar-refractivity contribution in [1.82, 2.24) is 10.2 Å². The highest BCUT2D eigenvalue weighted by Crippen LogP contribution is 2.20. The molecule has 25 heavy (non-hydrogen) atoms. The Kier molecular flexibility index (Phi) is 7.74. The average molecular weight is 341 g/mol. The molecule has 136 valence electrons. The second-order valence-corrected chi connectivity index (χ2v) is 6.39. The van der Waals surface area contributed by atoms with Crippen LogP contribution in [-0.4, -0.2) is 43.5 Å². The lowest BCUT2D eigenvalue weighted by Gasteiger charge is -2.19. The van der Waals surface area contributed by atoms with Gasteiger partial charge in [0.1, 0.15) is 0 Å². The maximum atomic E-state index is 12.4. The summed E-state index contributed by atoms with van der Waals surface area (Å²) in [5.74, 6) is 0.00244. The molecule has 0 bridgehead atoms. The van der Waals surface area contributed by atoms with Gasteiger partial charge in [-0.05, 0) is 61.0 Å². The number of nitrogens with one attached hydrogen (secondary N) is 2. The van der Waals surface area contributed by atoms with Crippen molar-refractivity contribution in [3.63, 3.8) is 0 Å². The van der Waals surface area contributed by atoms with Crippen molar-refractivity contribution in [3.05, 3.63) is 42.0 Å². The molecule has 0 heterocycles. The normalized spacial score (nSPS) is 11.0. The van der Waals surface area contributed by atoms with Crippen molar-refractivity contribution in [2.75, 3.05) is 38.0 Å². The monoisotopic (exact) mass is 341 g/mol. The average Bonchev–Trinajstić information content (AvgIpc) is 2.64. The number of carbonyl (C=O) groups excluding carboxylic acids is 1. The van der Waals surface area contributed by atoms with Crippen LogP contribution in [0.3, 0.4) is 0 Å². The van der Waals surface area contributed by atoms with Crippen LogP contribution in [0.25, 0.3) is 10.8 Å². The fourth-order valence-corrected chi connectivity index (χ4v) is 2.94. The molecular weight excluding hydrogens is 310 g/mol. The first-order chi connectivity index (χ1) is 12.2. The second kappa shape index (κ2) is 10.0. The van der Waals surface area contributed by atoms with E-state index in [2.05, 4.69) is 54.5 Å². The van der Waals surface area contributed by atoms with Gasteiger partial charge in [0.05, 0.1) is 0 Å². The minimum Gasteiger partial charge on any atom is -0.385 e. The van der Waals surface area contributed by atoms with Gasteiger partial charge in [-0.2, -0.15) is 0 Å². The van der Waals surface area contributed by atoms with Crippen molar-refractivity contribution < 1.29 is 4.79 Å². The van der Waals surface area contributed by atoms with Gasteiger partial charge in [0.15, 0.2) is 0 Å². The van der Waals surface area contributed by atoms with Gasteiger partial charge in [0.2, 0.25) is 0 Å². The topological polar surface area (TPSA) is 44.4 Å². The van der Waals surface area contributed by atoms with Gasteiger partial charge >= 0.3 is 0 Å². The van der Waals surface area contributed by atoms with Crippen molar-refractivity contribution >= 4 is 22.4 Å². The summed E-state index contributed by atoms with van der Waals surface area (Å²) < 4.78 is 0. The van der Waals surface area contributed by atoms with E-state index in [9.17, 15) is 4.79 Å². The third kappa shape index (κ3) is 5.75. The Morgan fingerprint density at radius 3 is 2.40 bits per heavy atom. The molecule has 0 radical (unpaired) electrons. The third-order valence-corrected chi connectivity index (χ3v) is 4.38. The predicted octanol–water partition coefficient (Wildman–Crippen LogP) is 4.12. The molecule has 0 atom stereocenters. The molecule has 4 heteroatoms. The van der Waals surface area contributed by atoms with Crippen LogP contribution < -0.4 is 10.6 Å². The van der Waals surface area contributed by atoms with E-state index in [0.717, 1.165) is 61.0 Å². The van der Waals surface area contributed by atoms with Crippen LogP contribution in [0.1, 0.15) is 44.0 Å². The van der Waals surface area contributed by atoms with E-state index in [4.69, 9.17) is 0 Å². The summed E-state index contributed by atoms with van der Waals surface area (Å²) in [6.45, 7) is 11.1. The Hall–Kier alpha value is -2.07. The first-order valence-electron chi connectivity index (χ1n) is 9.46. The lowest BCUT2D eigenvalue weighted by Crippen LogP contribution is -2.35. The van der Waals surface area contributed by atoms with Crippen LogP contribution >= 0.6 is 0 Å². The highest BCUT2D eigenvalue weighted by atomic mass is 16.1. The number of nitrogens with zero attached hydrogens (tertiary/aromatic N) is 1. The molecule has 0 aliphatic heterocycles. The summed E-state index contributed by atoms with van der Waals surface area (Å²) in [6, 6.07) is 12.2. The van der Waals surface area contributed by atoms with E-state index in [1.807, 2.05) is 18.2 Å². The molecule has 0 aliphatic carbocycles. The highest BCUT2D eigenvalue weighted by molar-refractivity contribution is 5.99. The molecule has 0 saturated carbocycles. The van der Waals surface area contributed by atoms with Crippen LogP contribution in [0.15, 0.2) is 36.4 Å². The summed E-state index contributed by atoms with van der Waals surface area (Å²) >= 11 is 0. The molecule has 0 unspecified atom stereocenters. The lowest BCUT2D eigenvalue weighted by molar-refractivity contribution is 0.0948. The van der Waals surface area contributed by atoms with Gasteiger partial charge in [-0.1, -0.05) is 32.9 Å². The van der Waals surface area contributed by atoms with Crippen LogP contribution in [-0.2, 0) is 0 Å². The molecule has 0 saturated heterocycles. The molecule has 0 aliphatic rings. The molecule has 4 nitrogen and oxygen atoms in total. The number of likely N-dealkylation sites (N-methyl/N-ethyl adjacent to an activating group) is 1. The van der Waals surface area contributed by atoms with Gasteiger partial charge < -0.3 is 15.5 Å². The summed E-state index contributed by atoms with van der Waals surface area (Å²) in [5, 5.41) is 8.67. The summed E-state index contributed by atoms with van der Waals surface area (Å²) in [6.07, 6.45) is 2.24. The Bertz CT molecular complexity index is 684. The maximum Gasteiger partial charge on any atom is 0.251 e. The van der Waals surface area contributed by atoms with Crippen molar-refractivity contribution in [2.24, 2.45) is 0 Å². The quantitative estimate of drug-likeness (QED) is 0.683. The van der Waals surface area contributed by atoms with Gasteiger partial charge in [0, 0.05) is 30.9 Å². The molecule has 2 rings (SSSR count). The van der Waals surface area contributed by atoms with Crippen molar-refractivity contribution in [3.8, 4) is 0 Å². The number of anilines is 1. The van der Waals surface area contributed by atoms with Crippen molar-refractivity contribution in [1.29, 1.82) is 0 Å². The Labute approximate surface area is 151 Å². The van der Waals surface area contributed by atoms with E-state index in [1.165, 1.54) is 0 Å². The van der Waals surface area contributed by atoms with E-state index in [1.54, 1.807) is 0 Å². The largest absolute Gasteiger partial charge is 0.385 e. The first kappa shape index (κ1) is 19.3. The van der Waals surface area contributed by atoms with Gasteiger partial charge in [-0.3, -0.25) is 4.79 Å². The lowest BCUT2D eigenvalue weighted by atomic mass is 10.1. The highest BCUT2D eigenvalue weighted by Gasteiger charge is 2.07. The molecule has 2 N–H and O–H groups in total. The van der Waals surface area contributed by atoms with Gasteiger partial charge in [-0.15, -0.1) is 0 Å². The predicted molar refractivity (Wildman–Crippen MR) is 107 cm³/mol. The van der Waals surface area contributed by atoms with Crippen LogP contribution in [0.4, 0.5) is 5.69 Å². The minimum absolute atomic E-state index is 0.00244. The SMILES string of the molecule is CCCNc1ccc2cc(C(=O)NCCN(CC)CCC)ccc2c1. The van der Waals surface area contributed by atoms with Crippen LogP contribution in [0, 0.1) is 0 Å². The molecule has 0 fully saturated rings. The molecule has 0 spiro atoms. The molecule has 2 aromatic rings. The van der Waals surface area contributed by atoms with Crippen LogP contribution in [0.5, 0.6) is 0 Å². The number of carbonyl (C=O) groups is 1. The van der Waals surface area contributed by atoms with Crippen LogP contribution in [0.2, 0.25) is 0 Å². The van der Waals surface area contributed by atoms with Crippen molar-refractivity contribution in [2.45, 2.75) is 33.6 Å². The third-order valence-electron chi connectivity index (χ3n) is 4.38. The smallest absolute Gasteiger partial charge is 0.251 e. The molecule has 1 amide bonds. The van der Waals surface area contributed by atoms with Gasteiger partial charge in [0.25, 0.3) is 5.91 Å². The number of rotatable bonds is 10. The molecular formula is C21H31N3O. The van der Waals surface area contributed by atoms with E-state index >= 15 is 0 Å². The number of hydrogen-bond acceptors (Lipinski definition) is 3. The fraction of sp³-hybridized carbons (Fsp3) is 0.476. The van der Waals surface area contributed by atoms with Gasteiger partial charge in [-0.25, -0.2) is 0 Å². The van der Waals surface area contributed by atoms with E-state index < -0.39 is 0 Å². The molecule has 2 aromatic carbocycles. The Morgan fingerprint density at radius 1 is 0.920 bits per heavy atom. The number of benzene rings is 2. The number of fused-ring (bicyclic) bond motifs is 1. The maximum absolute atomic E-state index is 12.4. The summed E-state index contributed by atoms with van der Waals surface area (Å²) in [4.78, 5) is 14.7. The second-order valence-electron chi connectivity index (χ2n) is 6.39. The zero-order valence-electron chi connectivity index (χ0n) is 15.8. The summed E-state index contributed by atoms with van der Waals surface area (Å²) in [7, 11) is 0. The first-order valence-corrected chi connectivity index (χ1v) is 9.46. The Morgan fingerprint density at radius 2 is 1.68 bits per heavy atom. The summed E-state index contributed by atoms with van der Waals surface area (Å²) in [5.41, 5.74) is 1.85. The molecule has 0 aromatic heterocycles. The zero-order chi connectivity index (χ0) is 18.1. The Balaban J connectivity index is 1.97. The zero-order valence-corrected chi connectivity index (χ0v) is 15.8. The van der Waals surface area contributed by atoms with E-state index in [-0.39, 0.29) is 5.91 Å². The minimum atomic E-state index is 0.00244. The standard InChI is InChI=1S/C21H31N3O/c1-4-11-22-20-10-9-17-15-19(8-7-18(17)16-20)21(25)23-12-14-24(6-3)13-5-2/h7-10,15-16,22H,4-6,11-14H2,1-3H3,(H,23,25). The van der Waals surface area contributed by atoms with E-state index in [0.29, 0.717) is 6.54 Å². The number of hydrogen-bond donors (Lipinski definition) is 2. The fourth-order valence-electron chi connectivity index (χ4n) is 2.94. The number of amides is 1.